The van der Waals surface area contributed by atoms with Crippen LogP contribution in [0.5, 0.6) is 0 Å². The van der Waals surface area contributed by atoms with E-state index in [4.69, 9.17) is 4.98 Å². The molecule has 0 bridgehead atoms. The molecule has 1 atom stereocenters. The van der Waals surface area contributed by atoms with Crippen LogP contribution in [0.3, 0.4) is 0 Å². The van der Waals surface area contributed by atoms with Crippen molar-refractivity contribution in [2.24, 2.45) is 0 Å². The zero-order chi connectivity index (χ0) is 19.3. The molecule has 5 nitrogen and oxygen atoms in total. The fourth-order valence-electron chi connectivity index (χ4n) is 3.89. The van der Waals surface area contributed by atoms with Crippen LogP contribution in [-0.4, -0.2) is 24.8 Å². The summed E-state index contributed by atoms with van der Waals surface area (Å²) < 4.78 is 3.80. The molecular formula is C22H23N4OP. The number of benzene rings is 1. The molecule has 3 heterocycles. The smallest absolute Gasteiger partial charge is 0.289 e. The standard InChI is InChI=1S/C22H23N4OP/c1-14(2)28-21-17-6-4-3-5-15(17)11-24-18(21)13-25-20-12-23-10-9-19(20)26(22(25)27)16-7-8-16/h3-6,9-12,14,16,28H,7-8,13H2,1-2H3. The maximum Gasteiger partial charge on any atom is 0.329 e. The van der Waals surface area contributed by atoms with Gasteiger partial charge in [-0.3, -0.25) is 19.1 Å². The molecule has 1 aliphatic rings. The molecule has 0 saturated heterocycles. The van der Waals surface area contributed by atoms with Crippen LogP contribution in [0, 0.1) is 0 Å². The van der Waals surface area contributed by atoms with Crippen LogP contribution in [-0.2, 0) is 6.54 Å². The van der Waals surface area contributed by atoms with E-state index in [1.165, 1.54) is 10.7 Å². The third kappa shape index (κ3) is 2.94. The van der Waals surface area contributed by atoms with Gasteiger partial charge in [0, 0.05) is 29.1 Å². The summed E-state index contributed by atoms with van der Waals surface area (Å²) in [7, 11) is 0.653. The molecule has 1 aliphatic carbocycles. The van der Waals surface area contributed by atoms with Gasteiger partial charge < -0.3 is 0 Å². The minimum absolute atomic E-state index is 0.0549. The van der Waals surface area contributed by atoms with Gasteiger partial charge in [-0.15, -0.1) is 0 Å². The molecule has 1 saturated carbocycles. The van der Waals surface area contributed by atoms with Gasteiger partial charge in [0.05, 0.1) is 29.5 Å². The van der Waals surface area contributed by atoms with Crippen molar-refractivity contribution in [3.05, 3.63) is 65.1 Å². The van der Waals surface area contributed by atoms with Gasteiger partial charge in [0.2, 0.25) is 0 Å². The Balaban J connectivity index is 1.69. The Hall–Kier alpha value is -2.52. The monoisotopic (exact) mass is 390 g/mol. The number of nitrogens with zero attached hydrogens (tertiary/aromatic N) is 4. The van der Waals surface area contributed by atoms with E-state index in [0.29, 0.717) is 26.8 Å². The summed E-state index contributed by atoms with van der Waals surface area (Å²) in [5.41, 5.74) is 3.47. The summed E-state index contributed by atoms with van der Waals surface area (Å²) >= 11 is 0. The number of pyridine rings is 2. The topological polar surface area (TPSA) is 52.7 Å². The molecular weight excluding hydrogens is 367 g/mol. The van der Waals surface area contributed by atoms with E-state index in [9.17, 15) is 4.79 Å². The lowest BCUT2D eigenvalue weighted by molar-refractivity contribution is 0.668. The van der Waals surface area contributed by atoms with Crippen LogP contribution in [0.25, 0.3) is 21.8 Å². The van der Waals surface area contributed by atoms with Crippen molar-refractivity contribution in [2.45, 2.75) is 44.9 Å². The van der Waals surface area contributed by atoms with E-state index in [1.807, 2.05) is 27.5 Å². The highest BCUT2D eigenvalue weighted by atomic mass is 31.1. The molecule has 1 unspecified atom stereocenters. The van der Waals surface area contributed by atoms with Gasteiger partial charge in [-0.2, -0.15) is 0 Å². The second kappa shape index (κ2) is 6.82. The molecule has 28 heavy (non-hydrogen) atoms. The maximum atomic E-state index is 13.2. The Labute approximate surface area is 165 Å². The Kier molecular flexibility index (Phi) is 4.28. The van der Waals surface area contributed by atoms with Crippen molar-refractivity contribution in [1.82, 2.24) is 19.1 Å². The quantitative estimate of drug-likeness (QED) is 0.487. The summed E-state index contributed by atoms with van der Waals surface area (Å²) in [6.45, 7) is 4.96. The lowest BCUT2D eigenvalue weighted by Crippen LogP contribution is -2.26. The first-order valence-electron chi connectivity index (χ1n) is 9.81. The normalized spacial score (nSPS) is 14.8. The van der Waals surface area contributed by atoms with E-state index >= 15 is 0 Å². The SMILES string of the molecule is CC(C)Pc1c(Cn2c(=O)n(C3CC3)c3ccncc32)ncc2ccccc12. The molecule has 6 heteroatoms. The molecule has 1 fully saturated rings. The number of rotatable bonds is 5. The van der Waals surface area contributed by atoms with Gasteiger partial charge in [0.1, 0.15) is 0 Å². The predicted molar refractivity (Wildman–Crippen MR) is 116 cm³/mol. The predicted octanol–water partition coefficient (Wildman–Crippen LogP) is 3.84. The molecule has 0 amide bonds. The first kappa shape index (κ1) is 17.6. The first-order valence-corrected chi connectivity index (χ1v) is 10.9. The van der Waals surface area contributed by atoms with Crippen LogP contribution in [0.1, 0.15) is 38.4 Å². The number of hydrogen-bond acceptors (Lipinski definition) is 3. The van der Waals surface area contributed by atoms with Crippen LogP contribution in [0.4, 0.5) is 0 Å². The fourth-order valence-corrected chi connectivity index (χ4v) is 5.16. The summed E-state index contributed by atoms with van der Waals surface area (Å²) in [6.07, 6.45) is 7.67. The average Bonchev–Trinajstić information content (AvgIpc) is 3.49. The summed E-state index contributed by atoms with van der Waals surface area (Å²) in [6, 6.07) is 10.7. The Morgan fingerprint density at radius 3 is 2.75 bits per heavy atom. The van der Waals surface area contributed by atoms with Crippen molar-refractivity contribution >= 4 is 35.7 Å². The second-order valence-electron chi connectivity index (χ2n) is 7.80. The second-order valence-corrected chi connectivity index (χ2v) is 9.74. The first-order chi connectivity index (χ1) is 13.6. The Bertz CT molecular complexity index is 1240. The zero-order valence-corrected chi connectivity index (χ0v) is 17.1. The third-order valence-electron chi connectivity index (χ3n) is 5.30. The van der Waals surface area contributed by atoms with E-state index in [0.717, 1.165) is 35.0 Å². The van der Waals surface area contributed by atoms with Gasteiger partial charge in [-0.25, -0.2) is 4.79 Å². The molecule has 0 spiro atoms. The van der Waals surface area contributed by atoms with Crippen molar-refractivity contribution < 1.29 is 0 Å². The molecule has 0 N–H and O–H groups in total. The van der Waals surface area contributed by atoms with Gasteiger partial charge in [0.25, 0.3) is 0 Å². The van der Waals surface area contributed by atoms with Crippen LogP contribution in [0.2, 0.25) is 0 Å². The van der Waals surface area contributed by atoms with Crippen molar-refractivity contribution in [3.8, 4) is 0 Å². The van der Waals surface area contributed by atoms with Crippen molar-refractivity contribution in [3.63, 3.8) is 0 Å². The van der Waals surface area contributed by atoms with Gasteiger partial charge in [-0.05, 0) is 30.0 Å². The van der Waals surface area contributed by atoms with E-state index in [1.54, 1.807) is 12.4 Å². The molecule has 0 aliphatic heterocycles. The zero-order valence-electron chi connectivity index (χ0n) is 16.1. The summed E-state index contributed by atoms with van der Waals surface area (Å²) in [5.74, 6) is 0. The van der Waals surface area contributed by atoms with Crippen molar-refractivity contribution in [1.29, 1.82) is 0 Å². The van der Waals surface area contributed by atoms with E-state index in [-0.39, 0.29) is 5.69 Å². The third-order valence-corrected chi connectivity index (χ3v) is 6.72. The lowest BCUT2D eigenvalue weighted by Gasteiger charge is -2.15. The van der Waals surface area contributed by atoms with Gasteiger partial charge >= 0.3 is 5.69 Å². The highest BCUT2D eigenvalue weighted by molar-refractivity contribution is 7.48. The lowest BCUT2D eigenvalue weighted by atomic mass is 10.1. The van der Waals surface area contributed by atoms with Crippen LogP contribution >= 0.6 is 8.58 Å². The summed E-state index contributed by atoms with van der Waals surface area (Å²) in [4.78, 5) is 22.3. The van der Waals surface area contributed by atoms with Gasteiger partial charge in [-0.1, -0.05) is 46.7 Å². The van der Waals surface area contributed by atoms with Gasteiger partial charge in [0.15, 0.2) is 0 Å². The Morgan fingerprint density at radius 1 is 1.14 bits per heavy atom. The largest absolute Gasteiger partial charge is 0.329 e. The molecule has 142 valence electrons. The average molecular weight is 390 g/mol. The summed E-state index contributed by atoms with van der Waals surface area (Å²) in [5, 5.41) is 3.68. The van der Waals surface area contributed by atoms with E-state index in [2.05, 4.69) is 37.0 Å². The molecule has 1 aromatic carbocycles. The highest BCUT2D eigenvalue weighted by Gasteiger charge is 2.29. The number of fused-ring (bicyclic) bond motifs is 2. The molecule has 4 aromatic rings. The van der Waals surface area contributed by atoms with E-state index < -0.39 is 0 Å². The van der Waals surface area contributed by atoms with Crippen LogP contribution in [0.15, 0.2) is 53.7 Å². The number of imidazole rings is 1. The fraction of sp³-hybridized carbons (Fsp3) is 0.318. The minimum atomic E-state index is 0.0549. The molecule has 0 radical (unpaired) electrons. The minimum Gasteiger partial charge on any atom is -0.289 e. The number of hydrogen-bond donors (Lipinski definition) is 0. The number of aromatic nitrogens is 4. The van der Waals surface area contributed by atoms with Crippen LogP contribution < -0.4 is 11.0 Å². The van der Waals surface area contributed by atoms with Crippen molar-refractivity contribution in [2.75, 3.05) is 0 Å². The maximum absolute atomic E-state index is 13.2. The Morgan fingerprint density at radius 2 is 1.96 bits per heavy atom. The molecule has 3 aromatic heterocycles. The molecule has 5 rings (SSSR count). The highest BCUT2D eigenvalue weighted by Crippen LogP contribution is 2.36.